The van der Waals surface area contributed by atoms with E-state index in [0.717, 1.165) is 28.0 Å². The molecule has 8 heteroatoms. The molecular weight excluding hydrogens is 422 g/mol. The van der Waals surface area contributed by atoms with Crippen molar-refractivity contribution in [3.63, 3.8) is 0 Å². The highest BCUT2D eigenvalue weighted by atomic mass is 32.1. The van der Waals surface area contributed by atoms with Crippen molar-refractivity contribution < 1.29 is 9.53 Å². The van der Waals surface area contributed by atoms with Crippen LogP contribution in [0.25, 0.3) is 16.7 Å². The number of para-hydroxylation sites is 1. The number of benzene rings is 3. The lowest BCUT2D eigenvalue weighted by Crippen LogP contribution is -2.34. The number of aromatic nitrogens is 3. The Balaban J connectivity index is 1.46. The number of rotatable bonds is 5. The number of hydrogen-bond donors (Lipinski definition) is 2. The van der Waals surface area contributed by atoms with Gasteiger partial charge in [0.25, 0.3) is 5.91 Å². The van der Waals surface area contributed by atoms with Crippen LogP contribution < -0.4 is 15.4 Å². The fourth-order valence-electron chi connectivity index (χ4n) is 3.17. The fourth-order valence-corrected chi connectivity index (χ4v) is 3.37. The van der Waals surface area contributed by atoms with Crippen LogP contribution in [-0.2, 0) is 0 Å². The summed E-state index contributed by atoms with van der Waals surface area (Å²) in [5.41, 5.74) is 4.55. The first kappa shape index (κ1) is 21.5. The van der Waals surface area contributed by atoms with Gasteiger partial charge in [0, 0.05) is 11.3 Å². The van der Waals surface area contributed by atoms with E-state index in [2.05, 4.69) is 20.8 Å². The average Bonchev–Trinajstić information content (AvgIpc) is 3.17. The first-order valence-electron chi connectivity index (χ1n) is 10.2. The topological polar surface area (TPSA) is 81.1 Å². The number of nitrogens with zero attached hydrogens (tertiary/aromatic N) is 3. The second kappa shape index (κ2) is 9.15. The van der Waals surface area contributed by atoms with Gasteiger partial charge in [-0.15, -0.1) is 10.2 Å². The normalized spacial score (nSPS) is 10.9. The van der Waals surface area contributed by atoms with Gasteiger partial charge in [0.15, 0.2) is 5.11 Å². The van der Waals surface area contributed by atoms with Crippen LogP contribution in [0.4, 0.5) is 5.69 Å². The molecular formula is C24H23N5O2S. The predicted octanol–water partition coefficient (Wildman–Crippen LogP) is 4.64. The van der Waals surface area contributed by atoms with Gasteiger partial charge in [-0.2, -0.15) is 4.80 Å². The Morgan fingerprint density at radius 2 is 1.66 bits per heavy atom. The number of thiocarbonyl (C=S) groups is 1. The van der Waals surface area contributed by atoms with Gasteiger partial charge < -0.3 is 10.1 Å². The number of ether oxygens (including phenoxy) is 1. The summed E-state index contributed by atoms with van der Waals surface area (Å²) >= 11 is 5.35. The summed E-state index contributed by atoms with van der Waals surface area (Å²) in [6.45, 7) is 5.85. The monoisotopic (exact) mass is 445 g/mol. The number of carbonyl (C=O) groups excluding carboxylic acids is 1. The standard InChI is InChI=1S/C24H23N5O2S/c1-15(2)31-19-11-9-17(10-12-19)23(30)26-24(32)25-20-14-22-21(13-16(20)3)27-29(28-22)18-7-5-4-6-8-18/h4-15H,1-3H3,(H2,25,26,30,32). The maximum absolute atomic E-state index is 12.5. The molecule has 0 saturated carbocycles. The number of anilines is 1. The maximum Gasteiger partial charge on any atom is 0.257 e. The Morgan fingerprint density at radius 1 is 1.00 bits per heavy atom. The summed E-state index contributed by atoms with van der Waals surface area (Å²) in [5, 5.41) is 15.1. The van der Waals surface area contributed by atoms with Crippen LogP contribution in [0.3, 0.4) is 0 Å². The van der Waals surface area contributed by atoms with Gasteiger partial charge in [-0.3, -0.25) is 10.1 Å². The van der Waals surface area contributed by atoms with E-state index >= 15 is 0 Å². The number of aryl methyl sites for hydroxylation is 1. The van der Waals surface area contributed by atoms with Crippen LogP contribution in [0.15, 0.2) is 66.7 Å². The average molecular weight is 446 g/mol. The molecule has 0 aliphatic heterocycles. The molecule has 0 aliphatic rings. The number of carbonyl (C=O) groups is 1. The van der Waals surface area contributed by atoms with Crippen molar-refractivity contribution in [2.24, 2.45) is 0 Å². The SMILES string of the molecule is Cc1cc2nn(-c3ccccc3)nc2cc1NC(=S)NC(=O)c1ccc(OC(C)C)cc1. The zero-order valence-electron chi connectivity index (χ0n) is 18.0. The molecule has 4 rings (SSSR count). The number of fused-ring (bicyclic) bond motifs is 1. The summed E-state index contributed by atoms with van der Waals surface area (Å²) in [5.74, 6) is 0.414. The van der Waals surface area contributed by atoms with Crippen LogP contribution in [0, 0.1) is 6.92 Å². The highest BCUT2D eigenvalue weighted by molar-refractivity contribution is 7.80. The molecule has 0 atom stereocenters. The zero-order chi connectivity index (χ0) is 22.7. The van der Waals surface area contributed by atoms with E-state index in [1.807, 2.05) is 63.2 Å². The Hall–Kier alpha value is -3.78. The molecule has 0 fully saturated rings. The van der Waals surface area contributed by atoms with Gasteiger partial charge in [0.2, 0.25) is 0 Å². The molecule has 162 valence electrons. The molecule has 2 N–H and O–H groups in total. The van der Waals surface area contributed by atoms with Gasteiger partial charge in [0.1, 0.15) is 16.8 Å². The van der Waals surface area contributed by atoms with E-state index in [-0.39, 0.29) is 17.1 Å². The lowest BCUT2D eigenvalue weighted by atomic mass is 10.2. The summed E-state index contributed by atoms with van der Waals surface area (Å²) in [6, 6.07) is 20.4. The molecule has 0 aliphatic carbocycles. The molecule has 0 radical (unpaired) electrons. The van der Waals surface area contributed by atoms with Crippen LogP contribution in [0.5, 0.6) is 5.75 Å². The Labute approximate surface area is 191 Å². The molecule has 0 unspecified atom stereocenters. The summed E-state index contributed by atoms with van der Waals surface area (Å²) in [6.07, 6.45) is 0.0707. The van der Waals surface area contributed by atoms with Crippen molar-refractivity contribution in [2.75, 3.05) is 5.32 Å². The first-order valence-corrected chi connectivity index (χ1v) is 10.6. The molecule has 1 heterocycles. The third-order valence-corrected chi connectivity index (χ3v) is 4.88. The number of nitrogens with one attached hydrogen (secondary N) is 2. The van der Waals surface area contributed by atoms with Gasteiger partial charge >= 0.3 is 0 Å². The third kappa shape index (κ3) is 4.92. The Kier molecular flexibility index (Phi) is 6.13. The molecule has 0 saturated heterocycles. The number of amides is 1. The minimum atomic E-state index is -0.299. The molecule has 7 nitrogen and oxygen atoms in total. The Morgan fingerprint density at radius 3 is 2.31 bits per heavy atom. The van der Waals surface area contributed by atoms with Crippen LogP contribution in [0.1, 0.15) is 29.8 Å². The van der Waals surface area contributed by atoms with Crippen molar-refractivity contribution in [1.29, 1.82) is 0 Å². The van der Waals surface area contributed by atoms with Gasteiger partial charge in [-0.1, -0.05) is 18.2 Å². The van der Waals surface area contributed by atoms with Crippen molar-refractivity contribution in [3.05, 3.63) is 77.9 Å². The molecule has 1 aromatic heterocycles. The van der Waals surface area contributed by atoms with Gasteiger partial charge in [-0.05, 0) is 87.1 Å². The zero-order valence-corrected chi connectivity index (χ0v) is 18.8. The molecule has 1 amide bonds. The van der Waals surface area contributed by atoms with Gasteiger partial charge in [0.05, 0.1) is 11.8 Å². The smallest absolute Gasteiger partial charge is 0.257 e. The van der Waals surface area contributed by atoms with E-state index in [4.69, 9.17) is 17.0 Å². The quantitative estimate of drug-likeness (QED) is 0.436. The second-order valence-corrected chi connectivity index (χ2v) is 7.99. The molecule has 32 heavy (non-hydrogen) atoms. The van der Waals surface area contributed by atoms with E-state index in [1.54, 1.807) is 29.1 Å². The summed E-state index contributed by atoms with van der Waals surface area (Å²) in [7, 11) is 0. The highest BCUT2D eigenvalue weighted by Gasteiger charge is 2.12. The van der Waals surface area contributed by atoms with Crippen molar-refractivity contribution in [1.82, 2.24) is 20.3 Å². The van der Waals surface area contributed by atoms with E-state index in [9.17, 15) is 4.79 Å². The lowest BCUT2D eigenvalue weighted by molar-refractivity contribution is 0.0977. The molecule has 4 aromatic rings. The van der Waals surface area contributed by atoms with Crippen LogP contribution in [0.2, 0.25) is 0 Å². The van der Waals surface area contributed by atoms with Crippen LogP contribution in [-0.4, -0.2) is 32.1 Å². The minimum absolute atomic E-state index is 0.0707. The third-order valence-electron chi connectivity index (χ3n) is 4.68. The molecule has 3 aromatic carbocycles. The fraction of sp³-hybridized carbons (Fsp3) is 0.167. The lowest BCUT2D eigenvalue weighted by Gasteiger charge is -2.12. The highest BCUT2D eigenvalue weighted by Crippen LogP contribution is 2.22. The largest absolute Gasteiger partial charge is 0.491 e. The second-order valence-electron chi connectivity index (χ2n) is 7.58. The Bertz CT molecular complexity index is 1270. The molecule has 0 bridgehead atoms. The minimum Gasteiger partial charge on any atom is -0.491 e. The number of hydrogen-bond acceptors (Lipinski definition) is 5. The molecule has 0 spiro atoms. The van der Waals surface area contributed by atoms with Crippen molar-refractivity contribution >= 4 is 40.0 Å². The van der Waals surface area contributed by atoms with E-state index in [1.165, 1.54) is 0 Å². The van der Waals surface area contributed by atoms with E-state index in [0.29, 0.717) is 11.3 Å². The van der Waals surface area contributed by atoms with Crippen molar-refractivity contribution in [2.45, 2.75) is 26.9 Å². The van der Waals surface area contributed by atoms with E-state index < -0.39 is 0 Å². The first-order chi connectivity index (χ1) is 15.4. The van der Waals surface area contributed by atoms with Crippen LogP contribution >= 0.6 is 12.2 Å². The summed E-state index contributed by atoms with van der Waals surface area (Å²) < 4.78 is 5.60. The predicted molar refractivity (Wildman–Crippen MR) is 129 cm³/mol. The van der Waals surface area contributed by atoms with Gasteiger partial charge in [-0.25, -0.2) is 0 Å². The maximum atomic E-state index is 12.5. The summed E-state index contributed by atoms with van der Waals surface area (Å²) in [4.78, 5) is 14.1. The van der Waals surface area contributed by atoms with Crippen molar-refractivity contribution in [3.8, 4) is 11.4 Å².